The number of aliphatic hydroxyl groups is 1. The van der Waals surface area contributed by atoms with Crippen LogP contribution < -0.4 is 0 Å². The molecule has 17 heavy (non-hydrogen) atoms. The van der Waals surface area contributed by atoms with E-state index in [4.69, 9.17) is 0 Å². The van der Waals surface area contributed by atoms with E-state index >= 15 is 0 Å². The fourth-order valence-corrected chi connectivity index (χ4v) is 4.60. The average Bonchev–Trinajstić information content (AvgIpc) is 2.75. The Balaban J connectivity index is 1.82. The lowest BCUT2D eigenvalue weighted by Gasteiger charge is -2.41. The van der Waals surface area contributed by atoms with Crippen LogP contribution in [0.5, 0.6) is 0 Å². The van der Waals surface area contributed by atoms with Gasteiger partial charge in [0.2, 0.25) is 0 Å². The van der Waals surface area contributed by atoms with Gasteiger partial charge in [0.15, 0.2) is 0 Å². The second-order valence-corrected chi connectivity index (χ2v) is 5.96. The molecular formula is C15H19NO. The summed E-state index contributed by atoms with van der Waals surface area (Å²) in [4.78, 5) is 2.52. The molecule has 0 radical (unpaired) electrons. The average molecular weight is 229 g/mol. The summed E-state index contributed by atoms with van der Waals surface area (Å²) in [7, 11) is 2.24. The van der Waals surface area contributed by atoms with E-state index in [2.05, 4.69) is 36.2 Å². The summed E-state index contributed by atoms with van der Waals surface area (Å²) < 4.78 is 0. The predicted molar refractivity (Wildman–Crippen MR) is 66.8 cm³/mol. The Morgan fingerprint density at radius 1 is 1.18 bits per heavy atom. The molecule has 2 heterocycles. The Bertz CT molecular complexity index is 458. The van der Waals surface area contributed by atoms with Gasteiger partial charge >= 0.3 is 0 Å². The highest BCUT2D eigenvalue weighted by atomic mass is 16.3. The molecule has 2 bridgehead atoms. The van der Waals surface area contributed by atoms with Crippen molar-refractivity contribution in [1.82, 2.24) is 4.90 Å². The minimum absolute atomic E-state index is 0.234. The lowest BCUT2D eigenvalue weighted by Crippen LogP contribution is -2.45. The molecule has 1 N–H and O–H groups in total. The first-order chi connectivity index (χ1) is 8.27. The third-order valence-corrected chi connectivity index (χ3v) is 5.41. The summed E-state index contributed by atoms with van der Waals surface area (Å²) in [6, 6.07) is 9.87. The van der Waals surface area contributed by atoms with Gasteiger partial charge in [0, 0.05) is 18.0 Å². The van der Waals surface area contributed by atoms with E-state index in [0.717, 1.165) is 6.04 Å². The number of benzene rings is 1. The second kappa shape index (κ2) is 3.33. The van der Waals surface area contributed by atoms with Gasteiger partial charge < -0.3 is 10.0 Å². The summed E-state index contributed by atoms with van der Waals surface area (Å²) in [6.45, 7) is 0. The van der Waals surface area contributed by atoms with Crippen LogP contribution in [0.1, 0.15) is 42.4 Å². The molecule has 1 aliphatic carbocycles. The van der Waals surface area contributed by atoms with Crippen molar-refractivity contribution in [3.63, 3.8) is 0 Å². The molecule has 5 unspecified atom stereocenters. The van der Waals surface area contributed by atoms with Gasteiger partial charge in [0.25, 0.3) is 0 Å². The molecule has 0 aromatic heterocycles. The zero-order valence-corrected chi connectivity index (χ0v) is 10.2. The van der Waals surface area contributed by atoms with Crippen LogP contribution in [0.15, 0.2) is 24.3 Å². The van der Waals surface area contributed by atoms with E-state index in [1.54, 1.807) is 0 Å². The third-order valence-electron chi connectivity index (χ3n) is 5.41. The van der Waals surface area contributed by atoms with Crippen molar-refractivity contribution in [3.05, 3.63) is 35.4 Å². The van der Waals surface area contributed by atoms with Crippen LogP contribution in [0.3, 0.4) is 0 Å². The number of piperidine rings is 1. The standard InChI is InChI=1S/C15H19NO/c1-16-9-6-7-13(16)14-12(8-9)10-4-2-3-5-11(10)15(14)17/h2-5,9,12-15,17H,6-8H2,1H3. The van der Waals surface area contributed by atoms with Crippen molar-refractivity contribution in [2.45, 2.75) is 43.4 Å². The number of hydrogen-bond acceptors (Lipinski definition) is 2. The van der Waals surface area contributed by atoms with E-state index in [0.29, 0.717) is 17.9 Å². The van der Waals surface area contributed by atoms with Gasteiger partial charge in [-0.3, -0.25) is 0 Å². The molecule has 0 amide bonds. The lowest BCUT2D eigenvalue weighted by molar-refractivity contribution is 0.0194. The number of rotatable bonds is 0. The molecule has 5 atom stereocenters. The summed E-state index contributed by atoms with van der Waals surface area (Å²) in [5.41, 5.74) is 2.62. The number of hydrogen-bond donors (Lipinski definition) is 1. The van der Waals surface area contributed by atoms with Gasteiger partial charge in [0.05, 0.1) is 6.10 Å². The first kappa shape index (κ1) is 10.1. The van der Waals surface area contributed by atoms with Gasteiger partial charge in [-0.1, -0.05) is 24.3 Å². The smallest absolute Gasteiger partial charge is 0.0841 e. The minimum atomic E-state index is -0.234. The predicted octanol–water partition coefficient (Wildman–Crippen LogP) is 2.30. The van der Waals surface area contributed by atoms with Crippen molar-refractivity contribution < 1.29 is 5.11 Å². The molecule has 2 fully saturated rings. The van der Waals surface area contributed by atoms with Crippen LogP contribution >= 0.6 is 0 Å². The monoisotopic (exact) mass is 229 g/mol. The van der Waals surface area contributed by atoms with E-state index in [9.17, 15) is 5.11 Å². The van der Waals surface area contributed by atoms with E-state index in [-0.39, 0.29) is 6.10 Å². The fourth-order valence-electron chi connectivity index (χ4n) is 4.60. The Hall–Kier alpha value is -0.860. The molecule has 0 spiro atoms. The second-order valence-electron chi connectivity index (χ2n) is 5.96. The van der Waals surface area contributed by atoms with Crippen LogP contribution in [-0.2, 0) is 0 Å². The van der Waals surface area contributed by atoms with Crippen LogP contribution in [0.4, 0.5) is 0 Å². The Morgan fingerprint density at radius 3 is 2.76 bits per heavy atom. The Labute approximate surface area is 102 Å². The summed E-state index contributed by atoms with van der Waals surface area (Å²) in [5.74, 6) is 1.05. The molecule has 2 saturated heterocycles. The number of nitrogens with zero attached hydrogens (tertiary/aromatic N) is 1. The molecule has 1 aromatic rings. The molecule has 2 aliphatic heterocycles. The van der Waals surface area contributed by atoms with Gasteiger partial charge in [-0.25, -0.2) is 0 Å². The minimum Gasteiger partial charge on any atom is -0.388 e. The van der Waals surface area contributed by atoms with Crippen LogP contribution in [-0.4, -0.2) is 29.1 Å². The van der Waals surface area contributed by atoms with E-state index in [1.165, 1.54) is 30.4 Å². The molecule has 90 valence electrons. The highest BCUT2D eigenvalue weighted by molar-refractivity contribution is 5.40. The summed E-state index contributed by atoms with van der Waals surface area (Å²) >= 11 is 0. The molecular weight excluding hydrogens is 210 g/mol. The van der Waals surface area contributed by atoms with Crippen LogP contribution in [0.2, 0.25) is 0 Å². The van der Waals surface area contributed by atoms with Crippen LogP contribution in [0, 0.1) is 5.92 Å². The quantitative estimate of drug-likeness (QED) is 0.738. The fraction of sp³-hybridized carbons (Fsp3) is 0.600. The maximum atomic E-state index is 10.6. The molecule has 2 nitrogen and oxygen atoms in total. The van der Waals surface area contributed by atoms with Crippen molar-refractivity contribution >= 4 is 0 Å². The first-order valence-corrected chi connectivity index (χ1v) is 6.76. The highest BCUT2D eigenvalue weighted by Crippen LogP contribution is 2.56. The van der Waals surface area contributed by atoms with E-state index < -0.39 is 0 Å². The summed E-state index contributed by atoms with van der Waals surface area (Å²) in [5, 5.41) is 10.6. The van der Waals surface area contributed by atoms with E-state index in [1.807, 2.05) is 0 Å². The van der Waals surface area contributed by atoms with Gasteiger partial charge in [-0.2, -0.15) is 0 Å². The Morgan fingerprint density at radius 2 is 1.94 bits per heavy atom. The summed E-state index contributed by atoms with van der Waals surface area (Å²) in [6.07, 6.45) is 3.60. The van der Waals surface area contributed by atoms with Crippen LogP contribution in [0.25, 0.3) is 0 Å². The maximum absolute atomic E-state index is 10.6. The third kappa shape index (κ3) is 1.18. The molecule has 1 aromatic carbocycles. The van der Waals surface area contributed by atoms with Crippen molar-refractivity contribution in [2.75, 3.05) is 7.05 Å². The van der Waals surface area contributed by atoms with Gasteiger partial charge in [-0.15, -0.1) is 0 Å². The number of fused-ring (bicyclic) bond motifs is 6. The first-order valence-electron chi connectivity index (χ1n) is 6.76. The van der Waals surface area contributed by atoms with Gasteiger partial charge in [-0.05, 0) is 43.4 Å². The Kier molecular flexibility index (Phi) is 1.98. The molecule has 0 saturated carbocycles. The van der Waals surface area contributed by atoms with Gasteiger partial charge in [0.1, 0.15) is 0 Å². The molecule has 2 heteroatoms. The molecule has 4 rings (SSSR count). The highest BCUT2D eigenvalue weighted by Gasteiger charge is 2.52. The van der Waals surface area contributed by atoms with Crippen molar-refractivity contribution in [1.29, 1.82) is 0 Å². The zero-order chi connectivity index (χ0) is 11.6. The zero-order valence-electron chi connectivity index (χ0n) is 10.2. The maximum Gasteiger partial charge on any atom is 0.0841 e. The molecule has 3 aliphatic rings. The normalized spacial score (nSPS) is 43.5. The van der Waals surface area contributed by atoms with Crippen molar-refractivity contribution in [2.24, 2.45) is 5.92 Å². The SMILES string of the molecule is CN1C2CCC1C1C(O)c3ccccc3C1C2. The lowest BCUT2D eigenvalue weighted by atomic mass is 9.80. The van der Waals surface area contributed by atoms with Crippen molar-refractivity contribution in [3.8, 4) is 0 Å². The largest absolute Gasteiger partial charge is 0.388 e. The topological polar surface area (TPSA) is 23.5 Å². The number of aliphatic hydroxyl groups excluding tert-OH is 1.